The van der Waals surface area contributed by atoms with Gasteiger partial charge in [-0.05, 0) is 19.3 Å². The summed E-state index contributed by atoms with van der Waals surface area (Å²) in [5, 5.41) is 12.0. The molecule has 0 spiro atoms. The standard InChI is InChI=1S/C12H16F2N4OS/c13-12(14)4-1-6-18(7-5-12)11(19)15-10-17-16-9(20-10)8-2-3-8/h8H,1-7H2,(H,15,17,19). The molecule has 0 atom stereocenters. The molecule has 0 aromatic carbocycles. The third-order valence-electron chi connectivity index (χ3n) is 3.59. The van der Waals surface area contributed by atoms with Crippen molar-refractivity contribution in [2.75, 3.05) is 18.4 Å². The van der Waals surface area contributed by atoms with Gasteiger partial charge in [0, 0.05) is 31.8 Å². The van der Waals surface area contributed by atoms with Crippen molar-refractivity contribution in [3.63, 3.8) is 0 Å². The molecular formula is C12H16F2N4OS. The van der Waals surface area contributed by atoms with Crippen LogP contribution in [0.15, 0.2) is 0 Å². The smallest absolute Gasteiger partial charge is 0.323 e. The predicted molar refractivity (Wildman–Crippen MR) is 71.3 cm³/mol. The molecule has 3 rings (SSSR count). The van der Waals surface area contributed by atoms with Crippen molar-refractivity contribution in [3.05, 3.63) is 5.01 Å². The SMILES string of the molecule is O=C(Nc1nnc(C2CC2)s1)N1CCCC(F)(F)CC1. The normalized spacial score (nSPS) is 22.4. The zero-order valence-corrected chi connectivity index (χ0v) is 11.8. The lowest BCUT2D eigenvalue weighted by Crippen LogP contribution is -2.36. The van der Waals surface area contributed by atoms with E-state index in [1.165, 1.54) is 16.2 Å². The van der Waals surface area contributed by atoms with Gasteiger partial charge in [-0.1, -0.05) is 11.3 Å². The number of nitrogens with zero attached hydrogens (tertiary/aromatic N) is 3. The Hall–Kier alpha value is -1.31. The maximum absolute atomic E-state index is 13.2. The first kappa shape index (κ1) is 13.7. The lowest BCUT2D eigenvalue weighted by molar-refractivity contribution is -0.0121. The lowest BCUT2D eigenvalue weighted by atomic mass is 10.1. The van der Waals surface area contributed by atoms with Crippen LogP contribution in [0.5, 0.6) is 0 Å². The first-order valence-corrected chi connectivity index (χ1v) is 7.62. The highest BCUT2D eigenvalue weighted by Gasteiger charge is 2.33. The Balaban J connectivity index is 1.57. The van der Waals surface area contributed by atoms with Crippen LogP contribution < -0.4 is 5.32 Å². The van der Waals surface area contributed by atoms with Gasteiger partial charge >= 0.3 is 6.03 Å². The van der Waals surface area contributed by atoms with Crippen LogP contribution in [-0.4, -0.2) is 40.1 Å². The van der Waals surface area contributed by atoms with Gasteiger partial charge in [0.1, 0.15) is 5.01 Å². The molecule has 1 aliphatic carbocycles. The summed E-state index contributed by atoms with van der Waals surface area (Å²) < 4.78 is 26.5. The van der Waals surface area contributed by atoms with Crippen molar-refractivity contribution in [1.82, 2.24) is 15.1 Å². The molecule has 1 aromatic heterocycles. The number of hydrogen-bond donors (Lipinski definition) is 1. The van der Waals surface area contributed by atoms with Gasteiger partial charge in [-0.15, -0.1) is 10.2 Å². The minimum atomic E-state index is -2.66. The Kier molecular flexibility index (Phi) is 3.57. The molecule has 2 heterocycles. The van der Waals surface area contributed by atoms with E-state index in [0.29, 0.717) is 24.0 Å². The number of amides is 2. The Labute approximate surface area is 119 Å². The quantitative estimate of drug-likeness (QED) is 0.913. The van der Waals surface area contributed by atoms with Gasteiger partial charge in [0.05, 0.1) is 0 Å². The van der Waals surface area contributed by atoms with Gasteiger partial charge in [-0.3, -0.25) is 5.32 Å². The van der Waals surface area contributed by atoms with Crippen LogP contribution in [0.25, 0.3) is 0 Å². The summed E-state index contributed by atoms with van der Waals surface area (Å²) in [7, 11) is 0. The molecule has 8 heteroatoms. The van der Waals surface area contributed by atoms with E-state index in [4.69, 9.17) is 0 Å². The fourth-order valence-electron chi connectivity index (χ4n) is 2.22. The molecule has 1 aliphatic heterocycles. The van der Waals surface area contributed by atoms with E-state index in [1.807, 2.05) is 0 Å². The number of carbonyl (C=O) groups excluding carboxylic acids is 1. The summed E-state index contributed by atoms with van der Waals surface area (Å²) in [5.41, 5.74) is 0. The third-order valence-corrected chi connectivity index (χ3v) is 4.59. The van der Waals surface area contributed by atoms with Crippen molar-refractivity contribution in [2.45, 2.75) is 43.9 Å². The molecular weight excluding hydrogens is 286 g/mol. The summed E-state index contributed by atoms with van der Waals surface area (Å²) in [5.74, 6) is -2.16. The maximum atomic E-state index is 13.2. The molecule has 2 aliphatic rings. The molecule has 0 unspecified atom stereocenters. The highest BCUT2D eigenvalue weighted by Crippen LogP contribution is 2.42. The van der Waals surface area contributed by atoms with Crippen molar-refractivity contribution in [3.8, 4) is 0 Å². The monoisotopic (exact) mass is 302 g/mol. The predicted octanol–water partition coefficient (Wildman–Crippen LogP) is 3.07. The van der Waals surface area contributed by atoms with Crippen LogP contribution in [-0.2, 0) is 0 Å². The van der Waals surface area contributed by atoms with E-state index in [2.05, 4.69) is 15.5 Å². The lowest BCUT2D eigenvalue weighted by Gasteiger charge is -2.19. The van der Waals surface area contributed by atoms with E-state index < -0.39 is 5.92 Å². The summed E-state index contributed by atoms with van der Waals surface area (Å²) in [6, 6.07) is -0.360. The second-order valence-corrected chi connectivity index (χ2v) is 6.36. The Morgan fingerprint density at radius 2 is 2.10 bits per heavy atom. The number of alkyl halides is 2. The fraction of sp³-hybridized carbons (Fsp3) is 0.750. The molecule has 5 nitrogen and oxygen atoms in total. The molecule has 2 amide bonds. The number of urea groups is 1. The van der Waals surface area contributed by atoms with Crippen molar-refractivity contribution < 1.29 is 13.6 Å². The van der Waals surface area contributed by atoms with E-state index in [1.54, 1.807) is 0 Å². The van der Waals surface area contributed by atoms with Crippen LogP contribution in [0.4, 0.5) is 18.7 Å². The summed E-state index contributed by atoms with van der Waals surface area (Å²) in [6.45, 7) is 0.433. The van der Waals surface area contributed by atoms with Crippen LogP contribution in [0, 0.1) is 0 Å². The van der Waals surface area contributed by atoms with Gasteiger partial charge in [0.15, 0.2) is 0 Å². The van der Waals surface area contributed by atoms with Crippen LogP contribution >= 0.6 is 11.3 Å². The van der Waals surface area contributed by atoms with Crippen molar-refractivity contribution >= 4 is 22.5 Å². The van der Waals surface area contributed by atoms with Crippen LogP contribution in [0.2, 0.25) is 0 Å². The minimum Gasteiger partial charge on any atom is -0.324 e. The van der Waals surface area contributed by atoms with Crippen LogP contribution in [0.1, 0.15) is 43.0 Å². The summed E-state index contributed by atoms with van der Waals surface area (Å²) in [6.07, 6.45) is 2.16. The summed E-state index contributed by atoms with van der Waals surface area (Å²) in [4.78, 5) is 13.5. The fourth-order valence-corrected chi connectivity index (χ4v) is 3.12. The van der Waals surface area contributed by atoms with Crippen LogP contribution in [0.3, 0.4) is 0 Å². The molecule has 1 N–H and O–H groups in total. The molecule has 0 radical (unpaired) electrons. The van der Waals surface area contributed by atoms with Gasteiger partial charge < -0.3 is 4.90 Å². The number of hydrogen-bond acceptors (Lipinski definition) is 4. The van der Waals surface area contributed by atoms with Gasteiger partial charge in [-0.2, -0.15) is 0 Å². The zero-order chi connectivity index (χ0) is 14.2. The number of carbonyl (C=O) groups is 1. The molecule has 110 valence electrons. The minimum absolute atomic E-state index is 0.0765. The van der Waals surface area contributed by atoms with E-state index >= 15 is 0 Å². The first-order chi connectivity index (χ1) is 9.53. The third kappa shape index (κ3) is 3.23. The van der Waals surface area contributed by atoms with Crippen molar-refractivity contribution in [1.29, 1.82) is 0 Å². The molecule has 2 fully saturated rings. The number of rotatable bonds is 2. The topological polar surface area (TPSA) is 58.1 Å². The van der Waals surface area contributed by atoms with Crippen molar-refractivity contribution in [2.24, 2.45) is 0 Å². The second kappa shape index (κ2) is 5.23. The van der Waals surface area contributed by atoms with Gasteiger partial charge in [-0.25, -0.2) is 13.6 Å². The number of aromatic nitrogens is 2. The highest BCUT2D eigenvalue weighted by molar-refractivity contribution is 7.15. The van der Waals surface area contributed by atoms with E-state index in [9.17, 15) is 13.6 Å². The largest absolute Gasteiger partial charge is 0.324 e. The molecule has 1 aromatic rings. The number of nitrogens with one attached hydrogen (secondary N) is 1. The second-order valence-electron chi connectivity index (χ2n) is 5.35. The first-order valence-electron chi connectivity index (χ1n) is 6.81. The summed E-state index contributed by atoms with van der Waals surface area (Å²) >= 11 is 1.37. The number of anilines is 1. The van der Waals surface area contributed by atoms with E-state index in [0.717, 1.165) is 17.8 Å². The highest BCUT2D eigenvalue weighted by atomic mass is 32.1. The Bertz CT molecular complexity index is 503. The average molecular weight is 302 g/mol. The Morgan fingerprint density at radius 1 is 1.30 bits per heavy atom. The molecule has 20 heavy (non-hydrogen) atoms. The van der Waals surface area contributed by atoms with E-state index in [-0.39, 0.29) is 25.4 Å². The zero-order valence-electron chi connectivity index (χ0n) is 10.9. The number of halogens is 2. The maximum Gasteiger partial charge on any atom is 0.323 e. The van der Waals surface area contributed by atoms with Gasteiger partial charge in [0.25, 0.3) is 0 Å². The Morgan fingerprint density at radius 3 is 2.85 bits per heavy atom. The average Bonchev–Trinajstić information content (AvgIpc) is 3.16. The van der Waals surface area contributed by atoms with Gasteiger partial charge in [0.2, 0.25) is 11.1 Å². The number of likely N-dealkylation sites (tertiary alicyclic amines) is 1. The molecule has 1 saturated carbocycles. The molecule has 1 saturated heterocycles. The molecule has 0 bridgehead atoms.